The molecule has 6 heteroatoms. The molecule has 1 aromatic heterocycles. The topological polar surface area (TPSA) is 60.4 Å². The molecule has 2 unspecified atom stereocenters. The van der Waals surface area contributed by atoms with Crippen molar-refractivity contribution in [3.8, 4) is 0 Å². The molecule has 0 aromatic carbocycles. The normalized spacial score (nSPS) is 24.8. The summed E-state index contributed by atoms with van der Waals surface area (Å²) in [5, 5.41) is 1.45. The first-order valence-corrected chi connectivity index (χ1v) is 8.23. The number of carbonyl (C=O) groups excluding carboxylic acids is 1. The summed E-state index contributed by atoms with van der Waals surface area (Å²) in [6.45, 7) is 0. The van der Waals surface area contributed by atoms with E-state index in [1.807, 2.05) is 5.38 Å². The number of carbonyl (C=O) groups is 1. The number of hydrogen-bond acceptors (Lipinski definition) is 5. The first-order chi connectivity index (χ1) is 7.97. The number of ether oxygens (including phenoxy) is 1. The van der Waals surface area contributed by atoms with E-state index in [0.29, 0.717) is 24.1 Å². The van der Waals surface area contributed by atoms with E-state index in [4.69, 9.17) is 4.74 Å². The SMILES string of the molecule is CS(=O)(=O)C1CCC(OC(=O)c2cccs2)C1. The van der Waals surface area contributed by atoms with Gasteiger partial charge in [0.1, 0.15) is 20.8 Å². The van der Waals surface area contributed by atoms with Crippen molar-refractivity contribution in [1.29, 1.82) is 0 Å². The van der Waals surface area contributed by atoms with Crippen LogP contribution in [0.3, 0.4) is 0 Å². The van der Waals surface area contributed by atoms with Crippen LogP contribution in [0.1, 0.15) is 28.9 Å². The van der Waals surface area contributed by atoms with E-state index in [0.717, 1.165) is 0 Å². The quantitative estimate of drug-likeness (QED) is 0.789. The Morgan fingerprint density at radius 3 is 2.76 bits per heavy atom. The van der Waals surface area contributed by atoms with E-state index in [-0.39, 0.29) is 17.3 Å². The van der Waals surface area contributed by atoms with E-state index in [2.05, 4.69) is 0 Å². The summed E-state index contributed by atoms with van der Waals surface area (Å²) >= 11 is 1.33. The van der Waals surface area contributed by atoms with Crippen LogP contribution in [0.5, 0.6) is 0 Å². The highest BCUT2D eigenvalue weighted by molar-refractivity contribution is 7.91. The largest absolute Gasteiger partial charge is 0.458 e. The van der Waals surface area contributed by atoms with Crippen LogP contribution in [0, 0.1) is 0 Å². The molecule has 2 atom stereocenters. The van der Waals surface area contributed by atoms with Crippen molar-refractivity contribution >= 4 is 27.1 Å². The molecule has 0 bridgehead atoms. The van der Waals surface area contributed by atoms with Gasteiger partial charge in [-0.15, -0.1) is 11.3 Å². The van der Waals surface area contributed by atoms with Gasteiger partial charge in [-0.2, -0.15) is 0 Å². The second kappa shape index (κ2) is 4.78. The Hall–Kier alpha value is -0.880. The van der Waals surface area contributed by atoms with Gasteiger partial charge in [-0.05, 0) is 24.3 Å². The molecule has 0 saturated heterocycles. The van der Waals surface area contributed by atoms with Gasteiger partial charge in [0.15, 0.2) is 0 Å². The van der Waals surface area contributed by atoms with Crippen LogP contribution < -0.4 is 0 Å². The minimum absolute atomic E-state index is 0.260. The van der Waals surface area contributed by atoms with Gasteiger partial charge in [0.25, 0.3) is 0 Å². The third-order valence-electron chi connectivity index (χ3n) is 2.94. The molecule has 0 spiro atoms. The Morgan fingerprint density at radius 1 is 1.47 bits per heavy atom. The third kappa shape index (κ3) is 3.07. The van der Waals surface area contributed by atoms with Gasteiger partial charge in [-0.1, -0.05) is 6.07 Å². The van der Waals surface area contributed by atoms with Gasteiger partial charge in [-0.25, -0.2) is 13.2 Å². The Morgan fingerprint density at radius 2 is 2.24 bits per heavy atom. The van der Waals surface area contributed by atoms with E-state index in [9.17, 15) is 13.2 Å². The van der Waals surface area contributed by atoms with Crippen molar-refractivity contribution < 1.29 is 17.9 Å². The predicted molar refractivity (Wildman–Crippen MR) is 66.0 cm³/mol. The lowest BCUT2D eigenvalue weighted by molar-refractivity contribution is 0.0324. The molecule has 1 aromatic rings. The van der Waals surface area contributed by atoms with Crippen LogP contribution in [0.2, 0.25) is 0 Å². The number of esters is 1. The first kappa shape index (κ1) is 12.6. The van der Waals surface area contributed by atoms with Crippen LogP contribution >= 0.6 is 11.3 Å². The van der Waals surface area contributed by atoms with Crippen molar-refractivity contribution in [3.63, 3.8) is 0 Å². The van der Waals surface area contributed by atoms with E-state index in [1.54, 1.807) is 12.1 Å². The maximum Gasteiger partial charge on any atom is 0.348 e. The molecule has 2 rings (SSSR count). The lowest BCUT2D eigenvalue weighted by atomic mass is 10.3. The predicted octanol–water partition coefficient (Wildman–Crippen LogP) is 1.87. The van der Waals surface area contributed by atoms with Gasteiger partial charge >= 0.3 is 5.97 Å². The summed E-state index contributed by atoms with van der Waals surface area (Å²) in [5.74, 6) is -0.348. The van der Waals surface area contributed by atoms with Gasteiger partial charge < -0.3 is 4.74 Å². The Balaban J connectivity index is 1.93. The van der Waals surface area contributed by atoms with Gasteiger partial charge in [-0.3, -0.25) is 0 Å². The molecule has 1 fully saturated rings. The highest BCUT2D eigenvalue weighted by Crippen LogP contribution is 2.28. The number of sulfone groups is 1. The molecule has 0 aliphatic heterocycles. The molecule has 94 valence electrons. The fourth-order valence-electron chi connectivity index (χ4n) is 2.00. The average molecular weight is 274 g/mol. The van der Waals surface area contributed by atoms with E-state index < -0.39 is 9.84 Å². The number of thiophene rings is 1. The zero-order valence-electron chi connectivity index (χ0n) is 9.46. The highest BCUT2D eigenvalue weighted by atomic mass is 32.2. The van der Waals surface area contributed by atoms with Crippen molar-refractivity contribution in [2.45, 2.75) is 30.6 Å². The van der Waals surface area contributed by atoms with Gasteiger partial charge in [0.05, 0.1) is 5.25 Å². The molecule has 1 heterocycles. The highest BCUT2D eigenvalue weighted by Gasteiger charge is 2.33. The van der Waals surface area contributed by atoms with Crippen LogP contribution in [-0.2, 0) is 14.6 Å². The second-order valence-electron chi connectivity index (χ2n) is 4.27. The fraction of sp³-hybridized carbons (Fsp3) is 0.545. The Kier molecular flexibility index (Phi) is 3.53. The zero-order valence-corrected chi connectivity index (χ0v) is 11.1. The fourth-order valence-corrected chi connectivity index (χ4v) is 3.73. The van der Waals surface area contributed by atoms with Crippen LogP contribution in [-0.4, -0.2) is 32.0 Å². The molecule has 1 saturated carbocycles. The molecule has 17 heavy (non-hydrogen) atoms. The smallest absolute Gasteiger partial charge is 0.348 e. The lowest BCUT2D eigenvalue weighted by Crippen LogP contribution is -2.19. The van der Waals surface area contributed by atoms with E-state index in [1.165, 1.54) is 17.6 Å². The van der Waals surface area contributed by atoms with Crippen LogP contribution in [0.4, 0.5) is 0 Å². The molecule has 1 aliphatic carbocycles. The monoisotopic (exact) mass is 274 g/mol. The summed E-state index contributed by atoms with van der Waals surface area (Å²) in [6, 6.07) is 3.49. The van der Waals surface area contributed by atoms with Crippen LogP contribution in [0.25, 0.3) is 0 Å². The Bertz CT molecular complexity index is 490. The first-order valence-electron chi connectivity index (χ1n) is 5.40. The summed E-state index contributed by atoms with van der Waals surface area (Å²) in [6.07, 6.45) is 2.62. The molecular formula is C11H14O4S2. The molecule has 0 radical (unpaired) electrons. The molecule has 0 amide bonds. The molecule has 4 nitrogen and oxygen atoms in total. The summed E-state index contributed by atoms with van der Waals surface area (Å²) in [7, 11) is -3.01. The van der Waals surface area contributed by atoms with Crippen molar-refractivity contribution in [2.24, 2.45) is 0 Å². The molecule has 1 aliphatic rings. The van der Waals surface area contributed by atoms with Crippen molar-refractivity contribution in [2.75, 3.05) is 6.26 Å². The molecular weight excluding hydrogens is 260 g/mol. The maximum absolute atomic E-state index is 11.7. The minimum atomic E-state index is -3.01. The van der Waals surface area contributed by atoms with Crippen molar-refractivity contribution in [3.05, 3.63) is 22.4 Å². The summed E-state index contributed by atoms with van der Waals surface area (Å²) < 4.78 is 28.0. The molecule has 0 N–H and O–H groups in total. The Labute approximate surface area is 105 Å². The minimum Gasteiger partial charge on any atom is -0.458 e. The number of rotatable bonds is 3. The standard InChI is InChI=1S/C11H14O4S2/c1-17(13,14)9-5-4-8(7-9)15-11(12)10-3-2-6-16-10/h2-3,6,8-9H,4-5,7H2,1H3. The number of hydrogen-bond donors (Lipinski definition) is 0. The van der Waals surface area contributed by atoms with Crippen molar-refractivity contribution in [1.82, 2.24) is 0 Å². The summed E-state index contributed by atoms with van der Waals surface area (Å²) in [5.41, 5.74) is 0. The van der Waals surface area contributed by atoms with E-state index >= 15 is 0 Å². The maximum atomic E-state index is 11.7. The zero-order chi connectivity index (χ0) is 12.5. The lowest BCUT2D eigenvalue weighted by Gasteiger charge is -2.11. The second-order valence-corrected chi connectivity index (χ2v) is 7.54. The average Bonchev–Trinajstić information content (AvgIpc) is 2.85. The van der Waals surface area contributed by atoms with Crippen LogP contribution in [0.15, 0.2) is 17.5 Å². The summed E-state index contributed by atoms with van der Waals surface area (Å²) in [4.78, 5) is 12.2. The third-order valence-corrected chi connectivity index (χ3v) is 5.43. The van der Waals surface area contributed by atoms with Gasteiger partial charge in [0, 0.05) is 12.7 Å². The van der Waals surface area contributed by atoms with Gasteiger partial charge in [0.2, 0.25) is 0 Å².